The van der Waals surface area contributed by atoms with Crippen molar-refractivity contribution in [3.63, 3.8) is 0 Å². The number of benzene rings is 8. The molecular formula is C46H29NO2. The molecule has 0 atom stereocenters. The molecule has 0 N–H and O–H groups in total. The normalized spacial score (nSPS) is 16.0. The standard InChI is InChI=1S/C46H29NO2/c1-2-12-30(13-3-1)34-15-6-8-20-40(34)47(41-21-11-23-43-44(41)39-29-26-31-14-4-5-16-35(31)46(39)49-43)33-27-24-32(25-28-33)36-18-10-19-38-37-17-7-9-22-42(37)48-45(36)38/h1-29H/i6D,7D,8D,9D,10D,15D,17D,18D,19D,20D,22D,24D,25D,27D,28D. The third-order valence-corrected chi connectivity index (χ3v) is 8.58. The third-order valence-electron chi connectivity index (χ3n) is 8.58. The van der Waals surface area contributed by atoms with E-state index in [9.17, 15) is 8.22 Å². The molecule has 0 unspecified atom stereocenters. The Morgan fingerprint density at radius 3 is 2.10 bits per heavy atom. The molecule has 0 saturated carbocycles. The van der Waals surface area contributed by atoms with Crippen molar-refractivity contribution >= 4 is 71.7 Å². The average molecular weight is 643 g/mol. The summed E-state index contributed by atoms with van der Waals surface area (Å²) in [6, 6.07) is 15.0. The number of hydrogen-bond donors (Lipinski definition) is 0. The Morgan fingerprint density at radius 2 is 1.18 bits per heavy atom. The first-order valence-corrected chi connectivity index (χ1v) is 15.4. The first-order valence-electron chi connectivity index (χ1n) is 22.9. The highest BCUT2D eigenvalue weighted by Crippen LogP contribution is 2.47. The predicted octanol–water partition coefficient (Wildman–Crippen LogP) is 13.4. The van der Waals surface area contributed by atoms with Gasteiger partial charge in [-0.05, 0) is 58.9 Å². The van der Waals surface area contributed by atoms with Crippen LogP contribution < -0.4 is 4.90 Å². The highest BCUT2D eigenvalue weighted by Gasteiger charge is 2.23. The smallest absolute Gasteiger partial charge is 0.143 e. The number of hydrogen-bond acceptors (Lipinski definition) is 3. The van der Waals surface area contributed by atoms with E-state index in [-0.39, 0.29) is 27.7 Å². The molecule has 3 nitrogen and oxygen atoms in total. The van der Waals surface area contributed by atoms with Crippen molar-refractivity contribution in [2.45, 2.75) is 0 Å². The minimum Gasteiger partial charge on any atom is -0.455 e. The SMILES string of the molecule is [2H]c1c([2H])c([2H])c(N(c2c([2H])c([2H])c(-c3c([2H])c([2H])c([2H])c4c3oc3c([2H])c([2H])c([2H])c([2H])c34)c([2H])c2[2H])c2cccc3oc4c5ccccc5ccc4c23)c(-c2ccccc2)c1[2H]. The number of nitrogens with zero attached hydrogens (tertiary/aromatic N) is 1. The van der Waals surface area contributed by atoms with Crippen molar-refractivity contribution in [3.8, 4) is 22.3 Å². The lowest BCUT2D eigenvalue weighted by Crippen LogP contribution is -2.11. The molecule has 0 bridgehead atoms. The summed E-state index contributed by atoms with van der Waals surface area (Å²) in [6.07, 6.45) is 0. The number of para-hydroxylation sites is 3. The fourth-order valence-corrected chi connectivity index (χ4v) is 6.41. The van der Waals surface area contributed by atoms with E-state index in [4.69, 9.17) is 21.2 Å². The number of fused-ring (bicyclic) bond motifs is 8. The van der Waals surface area contributed by atoms with Crippen LogP contribution in [0.3, 0.4) is 0 Å². The third kappa shape index (κ3) is 4.37. The predicted molar refractivity (Wildman–Crippen MR) is 204 cm³/mol. The highest BCUT2D eigenvalue weighted by molar-refractivity contribution is 6.20. The molecule has 49 heavy (non-hydrogen) atoms. The summed E-state index contributed by atoms with van der Waals surface area (Å²) in [7, 11) is 0. The monoisotopic (exact) mass is 642 g/mol. The van der Waals surface area contributed by atoms with Gasteiger partial charge in [0.05, 0.1) is 37.3 Å². The van der Waals surface area contributed by atoms with Gasteiger partial charge in [-0.1, -0.05) is 133 Å². The van der Waals surface area contributed by atoms with Crippen LogP contribution in [-0.2, 0) is 0 Å². The van der Waals surface area contributed by atoms with Gasteiger partial charge < -0.3 is 13.7 Å². The number of furan rings is 2. The van der Waals surface area contributed by atoms with E-state index < -0.39 is 119 Å². The van der Waals surface area contributed by atoms with E-state index in [1.807, 2.05) is 36.4 Å². The van der Waals surface area contributed by atoms with E-state index in [0.717, 1.165) is 10.8 Å². The van der Waals surface area contributed by atoms with E-state index in [2.05, 4.69) is 0 Å². The van der Waals surface area contributed by atoms with Crippen LogP contribution in [0.25, 0.3) is 76.9 Å². The summed E-state index contributed by atoms with van der Waals surface area (Å²) < 4.78 is 148. The zero-order valence-electron chi connectivity index (χ0n) is 40.3. The van der Waals surface area contributed by atoms with Gasteiger partial charge in [-0.25, -0.2) is 0 Å². The Labute approximate surface area is 303 Å². The van der Waals surface area contributed by atoms with E-state index >= 15 is 0 Å². The molecule has 0 radical (unpaired) electrons. The summed E-state index contributed by atoms with van der Waals surface area (Å²) in [4.78, 5) is 1.28. The van der Waals surface area contributed by atoms with E-state index in [0.29, 0.717) is 27.5 Å². The summed E-state index contributed by atoms with van der Waals surface area (Å²) >= 11 is 0. The molecule has 2 aromatic heterocycles. The maximum atomic E-state index is 9.76. The minimum atomic E-state index is -0.759. The summed E-state index contributed by atoms with van der Waals surface area (Å²) in [6.45, 7) is 0. The molecule has 230 valence electrons. The molecule has 0 fully saturated rings. The van der Waals surface area contributed by atoms with Crippen LogP contribution >= 0.6 is 0 Å². The fourth-order valence-electron chi connectivity index (χ4n) is 6.41. The Kier molecular flexibility index (Phi) is 3.70. The van der Waals surface area contributed by atoms with Gasteiger partial charge in [0, 0.05) is 38.4 Å². The van der Waals surface area contributed by atoms with Crippen LogP contribution in [0, 0.1) is 0 Å². The first-order chi connectivity index (χ1) is 30.6. The Bertz CT molecular complexity index is 3670. The minimum absolute atomic E-state index is 0.00924. The molecule has 10 rings (SSSR count). The molecule has 0 saturated heterocycles. The van der Waals surface area contributed by atoms with Gasteiger partial charge in [0.2, 0.25) is 0 Å². The lowest BCUT2D eigenvalue weighted by atomic mass is 9.99. The van der Waals surface area contributed by atoms with Gasteiger partial charge >= 0.3 is 0 Å². The molecule has 0 aliphatic heterocycles. The molecule has 0 amide bonds. The van der Waals surface area contributed by atoms with Crippen molar-refractivity contribution < 1.29 is 29.4 Å². The summed E-state index contributed by atoms with van der Waals surface area (Å²) in [5.74, 6) is 0. The van der Waals surface area contributed by atoms with Crippen LogP contribution in [0.15, 0.2) is 184 Å². The van der Waals surface area contributed by atoms with Crippen molar-refractivity contribution in [1.29, 1.82) is 0 Å². The molecule has 2 heterocycles. The van der Waals surface area contributed by atoms with Crippen molar-refractivity contribution in [2.24, 2.45) is 0 Å². The van der Waals surface area contributed by atoms with Crippen LogP contribution in [0.5, 0.6) is 0 Å². The number of anilines is 3. The summed E-state index contributed by atoms with van der Waals surface area (Å²) in [5.41, 5.74) is -1.07. The quantitative estimate of drug-likeness (QED) is 0.187. The van der Waals surface area contributed by atoms with Crippen molar-refractivity contribution in [3.05, 3.63) is 176 Å². The Hall–Kier alpha value is -6.58. The van der Waals surface area contributed by atoms with Crippen LogP contribution in [0.2, 0.25) is 0 Å². The Morgan fingerprint density at radius 1 is 0.429 bits per heavy atom. The Balaban J connectivity index is 1.36. The average Bonchev–Trinajstić information content (AvgIpc) is 3.90. The van der Waals surface area contributed by atoms with Crippen LogP contribution in [0.4, 0.5) is 17.1 Å². The van der Waals surface area contributed by atoms with Gasteiger partial charge in [-0.15, -0.1) is 0 Å². The zero-order chi connectivity index (χ0) is 45.4. The van der Waals surface area contributed by atoms with Crippen LogP contribution in [-0.4, -0.2) is 0 Å². The zero-order valence-corrected chi connectivity index (χ0v) is 25.3. The van der Waals surface area contributed by atoms with Crippen molar-refractivity contribution in [2.75, 3.05) is 4.90 Å². The van der Waals surface area contributed by atoms with Gasteiger partial charge in [-0.3, -0.25) is 0 Å². The molecule has 0 aliphatic rings. The summed E-state index contributed by atoms with van der Waals surface area (Å²) in [5, 5.41) is 2.14. The van der Waals surface area contributed by atoms with Gasteiger partial charge in [-0.2, -0.15) is 0 Å². The highest BCUT2D eigenvalue weighted by atomic mass is 16.3. The molecule has 0 aliphatic carbocycles. The number of rotatable bonds is 5. The maximum absolute atomic E-state index is 9.76. The largest absolute Gasteiger partial charge is 0.455 e. The lowest BCUT2D eigenvalue weighted by Gasteiger charge is -2.28. The fraction of sp³-hybridized carbons (Fsp3) is 0. The molecule has 8 aromatic carbocycles. The molecule has 0 spiro atoms. The molecule has 10 aromatic rings. The molecular weight excluding hydrogens is 599 g/mol. The van der Waals surface area contributed by atoms with Crippen LogP contribution in [0.1, 0.15) is 20.6 Å². The second kappa shape index (κ2) is 11.0. The first kappa shape index (κ1) is 16.5. The van der Waals surface area contributed by atoms with E-state index in [1.165, 1.54) is 4.90 Å². The topological polar surface area (TPSA) is 29.5 Å². The lowest BCUT2D eigenvalue weighted by molar-refractivity contribution is 0.670. The van der Waals surface area contributed by atoms with Gasteiger partial charge in [0.15, 0.2) is 0 Å². The molecule has 3 heteroatoms. The maximum Gasteiger partial charge on any atom is 0.143 e. The van der Waals surface area contributed by atoms with Gasteiger partial charge in [0.25, 0.3) is 0 Å². The second-order valence-electron chi connectivity index (χ2n) is 11.3. The van der Waals surface area contributed by atoms with Gasteiger partial charge in [0.1, 0.15) is 22.3 Å². The second-order valence-corrected chi connectivity index (χ2v) is 11.3. The van der Waals surface area contributed by atoms with E-state index in [1.54, 1.807) is 48.5 Å². The van der Waals surface area contributed by atoms with Crippen molar-refractivity contribution in [1.82, 2.24) is 0 Å².